The largest absolute Gasteiger partial charge is 0.497 e. The van der Waals surface area contributed by atoms with Crippen molar-refractivity contribution in [1.82, 2.24) is 15.5 Å². The molecular weight excluding hydrogens is 386 g/mol. The van der Waals surface area contributed by atoms with Crippen LogP contribution in [0, 0.1) is 5.92 Å². The minimum atomic E-state index is -0.764. The molecule has 0 aliphatic heterocycles. The molecule has 0 heterocycles. The van der Waals surface area contributed by atoms with Crippen LogP contribution in [0.15, 0.2) is 18.2 Å². The van der Waals surface area contributed by atoms with Gasteiger partial charge in [-0.15, -0.1) is 0 Å². The number of benzene rings is 1. The molecule has 0 aliphatic carbocycles. The number of hydrogen-bond acceptors (Lipinski definition) is 5. The number of rotatable bonds is 12. The van der Waals surface area contributed by atoms with E-state index in [2.05, 4.69) is 10.6 Å². The Morgan fingerprint density at radius 3 is 2.07 bits per heavy atom. The van der Waals surface area contributed by atoms with Crippen LogP contribution < -0.4 is 20.1 Å². The zero-order valence-corrected chi connectivity index (χ0v) is 18.9. The third-order valence-electron chi connectivity index (χ3n) is 4.54. The smallest absolute Gasteiger partial charge is 0.252 e. The minimum absolute atomic E-state index is 0.0290. The lowest BCUT2D eigenvalue weighted by atomic mass is 10.0. The summed E-state index contributed by atoms with van der Waals surface area (Å²) in [7, 11) is 3.01. The quantitative estimate of drug-likeness (QED) is 0.539. The molecule has 0 spiro atoms. The molecule has 1 aromatic carbocycles. The molecule has 168 valence electrons. The van der Waals surface area contributed by atoms with Crippen LogP contribution in [0.25, 0.3) is 0 Å². The van der Waals surface area contributed by atoms with Gasteiger partial charge in [0.1, 0.15) is 17.5 Å². The maximum absolute atomic E-state index is 13.2. The van der Waals surface area contributed by atoms with Crippen molar-refractivity contribution in [2.75, 3.05) is 33.9 Å². The zero-order valence-electron chi connectivity index (χ0n) is 18.9. The van der Waals surface area contributed by atoms with Crippen LogP contribution >= 0.6 is 0 Å². The van der Waals surface area contributed by atoms with Crippen LogP contribution in [0.4, 0.5) is 0 Å². The van der Waals surface area contributed by atoms with Gasteiger partial charge in [0.15, 0.2) is 0 Å². The number of carbonyl (C=O) groups is 3. The van der Waals surface area contributed by atoms with Crippen LogP contribution in [0.1, 0.15) is 50.9 Å². The second-order valence-corrected chi connectivity index (χ2v) is 7.41. The van der Waals surface area contributed by atoms with E-state index in [1.54, 1.807) is 18.2 Å². The van der Waals surface area contributed by atoms with Crippen molar-refractivity contribution >= 4 is 17.7 Å². The third kappa shape index (κ3) is 7.57. The molecule has 30 heavy (non-hydrogen) atoms. The zero-order chi connectivity index (χ0) is 22.7. The maximum atomic E-state index is 13.2. The lowest BCUT2D eigenvalue weighted by Gasteiger charge is -2.29. The fraction of sp³-hybridized carbons (Fsp3) is 0.591. The Kier molecular flexibility index (Phi) is 10.7. The lowest BCUT2D eigenvalue weighted by Crippen LogP contribution is -2.53. The summed E-state index contributed by atoms with van der Waals surface area (Å²) in [5.74, 6) is -0.0934. The van der Waals surface area contributed by atoms with E-state index in [0.29, 0.717) is 36.6 Å². The highest BCUT2D eigenvalue weighted by Gasteiger charge is 2.30. The Bertz CT molecular complexity index is 698. The summed E-state index contributed by atoms with van der Waals surface area (Å²) in [6.45, 7) is 8.59. The number of nitrogens with zero attached hydrogens (tertiary/aromatic N) is 1. The Balaban J connectivity index is 3.02. The molecule has 1 aromatic rings. The van der Waals surface area contributed by atoms with E-state index in [9.17, 15) is 14.4 Å². The summed E-state index contributed by atoms with van der Waals surface area (Å²) < 4.78 is 10.4. The van der Waals surface area contributed by atoms with Gasteiger partial charge in [-0.1, -0.05) is 27.7 Å². The second-order valence-electron chi connectivity index (χ2n) is 7.41. The molecule has 2 N–H and O–H groups in total. The Morgan fingerprint density at radius 2 is 1.60 bits per heavy atom. The summed E-state index contributed by atoms with van der Waals surface area (Å²) in [5, 5.41) is 5.61. The van der Waals surface area contributed by atoms with Gasteiger partial charge in [-0.3, -0.25) is 14.4 Å². The third-order valence-corrected chi connectivity index (χ3v) is 4.54. The van der Waals surface area contributed by atoms with Crippen LogP contribution in [0.2, 0.25) is 0 Å². The highest BCUT2D eigenvalue weighted by molar-refractivity contribution is 5.98. The van der Waals surface area contributed by atoms with Gasteiger partial charge < -0.3 is 25.0 Å². The predicted molar refractivity (Wildman–Crippen MR) is 116 cm³/mol. The van der Waals surface area contributed by atoms with Crippen molar-refractivity contribution in [3.05, 3.63) is 23.8 Å². The van der Waals surface area contributed by atoms with Crippen LogP contribution in [0.5, 0.6) is 11.5 Å². The number of ether oxygens (including phenoxy) is 2. The van der Waals surface area contributed by atoms with Crippen molar-refractivity contribution < 1.29 is 23.9 Å². The fourth-order valence-electron chi connectivity index (χ4n) is 2.90. The molecule has 0 fully saturated rings. The van der Waals surface area contributed by atoms with Gasteiger partial charge in [-0.2, -0.15) is 0 Å². The fourth-order valence-corrected chi connectivity index (χ4v) is 2.90. The van der Waals surface area contributed by atoms with Gasteiger partial charge in [0.25, 0.3) is 5.91 Å². The Hall–Kier alpha value is -2.77. The highest BCUT2D eigenvalue weighted by Crippen LogP contribution is 2.22. The normalized spacial score (nSPS) is 11.6. The summed E-state index contributed by atoms with van der Waals surface area (Å²) in [5.41, 5.74) is 0.326. The van der Waals surface area contributed by atoms with Crippen molar-refractivity contribution in [3.63, 3.8) is 0 Å². The summed E-state index contributed by atoms with van der Waals surface area (Å²) in [6.07, 6.45) is 1.53. The van der Waals surface area contributed by atoms with E-state index in [4.69, 9.17) is 9.47 Å². The average Bonchev–Trinajstić information content (AvgIpc) is 2.74. The molecule has 1 atom stereocenters. The Morgan fingerprint density at radius 1 is 1.00 bits per heavy atom. The summed E-state index contributed by atoms with van der Waals surface area (Å²) >= 11 is 0. The van der Waals surface area contributed by atoms with Gasteiger partial charge in [0.05, 0.1) is 20.8 Å². The maximum Gasteiger partial charge on any atom is 0.252 e. The molecule has 8 nitrogen and oxygen atoms in total. The Labute approximate surface area is 179 Å². The van der Waals surface area contributed by atoms with Gasteiger partial charge in [-0.25, -0.2) is 0 Å². The first-order valence-corrected chi connectivity index (χ1v) is 10.4. The van der Waals surface area contributed by atoms with Crippen molar-refractivity contribution in [2.24, 2.45) is 5.92 Å². The molecule has 0 saturated heterocycles. The number of carbonyl (C=O) groups excluding carboxylic acids is 3. The molecule has 0 aromatic heterocycles. The highest BCUT2D eigenvalue weighted by atomic mass is 16.5. The van der Waals surface area contributed by atoms with Gasteiger partial charge >= 0.3 is 0 Å². The van der Waals surface area contributed by atoms with E-state index in [-0.39, 0.29) is 24.3 Å². The van der Waals surface area contributed by atoms with Gasteiger partial charge in [-0.05, 0) is 30.9 Å². The molecule has 1 rings (SSSR count). The summed E-state index contributed by atoms with van der Waals surface area (Å²) in [4.78, 5) is 39.7. The van der Waals surface area contributed by atoms with Crippen molar-refractivity contribution in [2.45, 2.75) is 46.6 Å². The SMILES string of the molecule is CCCNC(=O)CN(CCC)C(=O)[C@H](NC(=O)c1cc(OC)cc(OC)c1)C(C)C. The molecule has 0 saturated carbocycles. The predicted octanol–water partition coefficient (Wildman–Crippen LogP) is 2.22. The topological polar surface area (TPSA) is 97.0 Å². The average molecular weight is 422 g/mol. The minimum Gasteiger partial charge on any atom is -0.497 e. The van der Waals surface area contributed by atoms with Gasteiger partial charge in [0.2, 0.25) is 11.8 Å². The molecular formula is C22H35N3O5. The van der Waals surface area contributed by atoms with Crippen molar-refractivity contribution in [3.8, 4) is 11.5 Å². The molecule has 0 unspecified atom stereocenters. The van der Waals surface area contributed by atoms with E-state index in [1.165, 1.54) is 19.1 Å². The second kappa shape index (κ2) is 12.7. The monoisotopic (exact) mass is 421 g/mol. The van der Waals surface area contributed by atoms with E-state index < -0.39 is 11.9 Å². The molecule has 0 aliphatic rings. The first-order valence-electron chi connectivity index (χ1n) is 10.4. The number of amides is 3. The van der Waals surface area contributed by atoms with E-state index in [1.807, 2.05) is 27.7 Å². The number of methoxy groups -OCH3 is 2. The van der Waals surface area contributed by atoms with Crippen molar-refractivity contribution in [1.29, 1.82) is 0 Å². The van der Waals surface area contributed by atoms with Crippen LogP contribution in [-0.2, 0) is 9.59 Å². The number of nitrogens with one attached hydrogen (secondary N) is 2. The number of hydrogen-bond donors (Lipinski definition) is 2. The summed E-state index contributed by atoms with van der Waals surface area (Å²) in [6, 6.07) is 4.07. The van der Waals surface area contributed by atoms with Crippen LogP contribution in [0.3, 0.4) is 0 Å². The van der Waals surface area contributed by atoms with E-state index >= 15 is 0 Å². The molecule has 0 bridgehead atoms. The van der Waals surface area contributed by atoms with Crippen LogP contribution in [-0.4, -0.2) is 62.5 Å². The lowest BCUT2D eigenvalue weighted by molar-refractivity contribution is -0.138. The standard InChI is InChI=1S/C22H35N3O5/c1-7-9-23-19(26)14-25(10-8-2)22(28)20(15(3)4)24-21(27)16-11-17(29-5)13-18(12-16)30-6/h11-13,15,20H,7-10,14H2,1-6H3,(H,23,26)(H,24,27)/t20-/m1/s1. The van der Waals surface area contributed by atoms with Gasteiger partial charge in [0, 0.05) is 24.7 Å². The first kappa shape index (κ1) is 25.3. The van der Waals surface area contributed by atoms with E-state index in [0.717, 1.165) is 6.42 Å². The molecule has 8 heteroatoms. The first-order chi connectivity index (χ1) is 14.3. The molecule has 0 radical (unpaired) electrons. The molecule has 3 amide bonds.